The Morgan fingerprint density at radius 3 is 2.28 bits per heavy atom. The first-order valence-corrected chi connectivity index (χ1v) is 10.5. The predicted molar refractivity (Wildman–Crippen MR) is 121 cm³/mol. The van der Waals surface area contributed by atoms with Gasteiger partial charge in [-0.15, -0.1) is 0 Å². The van der Waals surface area contributed by atoms with E-state index in [0.29, 0.717) is 11.6 Å². The summed E-state index contributed by atoms with van der Waals surface area (Å²) in [7, 11) is 0. The van der Waals surface area contributed by atoms with E-state index in [2.05, 4.69) is 69.2 Å². The lowest BCUT2D eigenvalue weighted by Gasteiger charge is -2.34. The molecular formula is C24H29N5. The number of aromatic nitrogens is 2. The Morgan fingerprint density at radius 1 is 0.966 bits per heavy atom. The normalized spacial score (nSPS) is 14.7. The molecule has 0 amide bonds. The van der Waals surface area contributed by atoms with E-state index < -0.39 is 0 Å². The second-order valence-corrected chi connectivity index (χ2v) is 7.63. The second-order valence-electron chi connectivity index (χ2n) is 7.63. The van der Waals surface area contributed by atoms with E-state index in [1.54, 1.807) is 6.33 Å². The minimum atomic E-state index is 0.666. The fourth-order valence-corrected chi connectivity index (χ4v) is 4.20. The van der Waals surface area contributed by atoms with Crippen LogP contribution in [0.2, 0.25) is 0 Å². The molecule has 5 nitrogen and oxygen atoms in total. The van der Waals surface area contributed by atoms with Crippen molar-refractivity contribution in [3.63, 3.8) is 0 Å². The molecule has 29 heavy (non-hydrogen) atoms. The molecule has 0 bridgehead atoms. The first-order chi connectivity index (χ1) is 14.3. The summed E-state index contributed by atoms with van der Waals surface area (Å²) in [6, 6.07) is 21.0. The molecule has 0 atom stereocenters. The number of para-hydroxylation sites is 1. The van der Waals surface area contributed by atoms with Gasteiger partial charge < -0.3 is 15.5 Å². The van der Waals surface area contributed by atoms with Gasteiger partial charge in [-0.25, -0.2) is 9.97 Å². The van der Waals surface area contributed by atoms with Crippen LogP contribution in [0.25, 0.3) is 0 Å². The van der Waals surface area contributed by atoms with E-state index in [1.165, 1.54) is 5.56 Å². The molecule has 1 aromatic heterocycles. The summed E-state index contributed by atoms with van der Waals surface area (Å²) in [6.45, 7) is 4.87. The Balaban J connectivity index is 1.48. The smallest absolute Gasteiger partial charge is 0.161 e. The van der Waals surface area contributed by atoms with Gasteiger partial charge in [0.05, 0.1) is 0 Å². The van der Waals surface area contributed by atoms with Crippen molar-refractivity contribution in [2.45, 2.75) is 26.2 Å². The molecule has 0 spiro atoms. The van der Waals surface area contributed by atoms with Crippen LogP contribution in [0.3, 0.4) is 0 Å². The first-order valence-electron chi connectivity index (χ1n) is 10.5. The van der Waals surface area contributed by atoms with Crippen LogP contribution in [0.4, 0.5) is 23.0 Å². The third kappa shape index (κ3) is 4.34. The molecule has 0 radical (unpaired) electrons. The van der Waals surface area contributed by atoms with E-state index >= 15 is 0 Å². The van der Waals surface area contributed by atoms with Crippen LogP contribution in [0.1, 0.15) is 25.3 Å². The van der Waals surface area contributed by atoms with Gasteiger partial charge >= 0.3 is 0 Å². The number of rotatable bonds is 6. The molecule has 2 N–H and O–H groups in total. The molecular weight excluding hydrogens is 358 g/mol. The van der Waals surface area contributed by atoms with E-state index in [-0.39, 0.29) is 0 Å². The third-order valence-corrected chi connectivity index (χ3v) is 5.76. The lowest BCUT2D eigenvalue weighted by Crippen LogP contribution is -2.35. The number of nitrogens with two attached hydrogens (primary N) is 1. The third-order valence-electron chi connectivity index (χ3n) is 5.76. The minimum absolute atomic E-state index is 0.666. The summed E-state index contributed by atoms with van der Waals surface area (Å²) in [4.78, 5) is 13.5. The zero-order chi connectivity index (χ0) is 20.1. The quantitative estimate of drug-likeness (QED) is 0.666. The second kappa shape index (κ2) is 8.95. The summed E-state index contributed by atoms with van der Waals surface area (Å²) >= 11 is 0. The molecule has 5 heteroatoms. The van der Waals surface area contributed by atoms with Crippen molar-refractivity contribution >= 4 is 23.0 Å². The van der Waals surface area contributed by atoms with Crippen molar-refractivity contribution in [1.82, 2.24) is 9.97 Å². The Hall–Kier alpha value is -3.08. The maximum Gasteiger partial charge on any atom is 0.161 e. The van der Waals surface area contributed by atoms with Gasteiger partial charge in [-0.2, -0.15) is 0 Å². The van der Waals surface area contributed by atoms with E-state index in [0.717, 1.165) is 56.2 Å². The molecule has 1 saturated heterocycles. The number of benzene rings is 2. The summed E-state index contributed by atoms with van der Waals surface area (Å²) < 4.78 is 0. The van der Waals surface area contributed by atoms with Crippen LogP contribution in [-0.4, -0.2) is 29.6 Å². The van der Waals surface area contributed by atoms with Crippen molar-refractivity contribution in [2.24, 2.45) is 5.92 Å². The fraction of sp³-hybridized carbons (Fsp3) is 0.333. The highest BCUT2D eigenvalue weighted by molar-refractivity contribution is 5.79. The van der Waals surface area contributed by atoms with Crippen LogP contribution in [0.15, 0.2) is 67.0 Å². The lowest BCUT2D eigenvalue weighted by atomic mass is 9.90. The molecule has 1 aliphatic rings. The number of nitrogen functional groups attached to an aromatic ring is 1. The van der Waals surface area contributed by atoms with Crippen LogP contribution in [-0.2, 0) is 6.42 Å². The maximum absolute atomic E-state index is 6.58. The van der Waals surface area contributed by atoms with Crippen molar-refractivity contribution in [1.29, 1.82) is 0 Å². The molecule has 3 aromatic rings. The highest BCUT2D eigenvalue weighted by Crippen LogP contribution is 2.35. The van der Waals surface area contributed by atoms with Gasteiger partial charge in [0.2, 0.25) is 0 Å². The van der Waals surface area contributed by atoms with E-state index in [9.17, 15) is 0 Å². The van der Waals surface area contributed by atoms with Gasteiger partial charge in [0, 0.05) is 25.3 Å². The van der Waals surface area contributed by atoms with Crippen LogP contribution < -0.4 is 15.5 Å². The molecule has 150 valence electrons. The molecule has 2 heterocycles. The Kier molecular flexibility index (Phi) is 5.94. The minimum Gasteiger partial charge on any atom is -0.393 e. The molecule has 1 fully saturated rings. The Bertz CT molecular complexity index is 905. The average Bonchev–Trinajstić information content (AvgIpc) is 2.78. The Morgan fingerprint density at radius 2 is 1.62 bits per heavy atom. The molecule has 1 aliphatic heterocycles. The molecule has 4 rings (SSSR count). The lowest BCUT2D eigenvalue weighted by molar-refractivity contribution is 0.402. The summed E-state index contributed by atoms with van der Waals surface area (Å²) in [5.41, 5.74) is 9.76. The number of hydrogen-bond acceptors (Lipinski definition) is 5. The summed E-state index contributed by atoms with van der Waals surface area (Å²) in [5, 5.41) is 0. The summed E-state index contributed by atoms with van der Waals surface area (Å²) in [6.07, 6.45) is 5.10. The number of hydrogen-bond donors (Lipinski definition) is 1. The van der Waals surface area contributed by atoms with Crippen molar-refractivity contribution in [2.75, 3.05) is 35.2 Å². The van der Waals surface area contributed by atoms with Crippen LogP contribution >= 0.6 is 0 Å². The van der Waals surface area contributed by atoms with Crippen molar-refractivity contribution < 1.29 is 0 Å². The van der Waals surface area contributed by atoms with Gasteiger partial charge in [0.1, 0.15) is 12.0 Å². The number of anilines is 4. The largest absolute Gasteiger partial charge is 0.393 e. The predicted octanol–water partition coefficient (Wildman–Crippen LogP) is 4.68. The van der Waals surface area contributed by atoms with Crippen LogP contribution in [0, 0.1) is 5.92 Å². The van der Waals surface area contributed by atoms with E-state index in [1.807, 2.05) is 18.2 Å². The SMILES string of the molecule is CCN(c1ccccc1)c1ncnc(N2CCC(Cc3ccccc3)CC2)c1N. The van der Waals surface area contributed by atoms with Gasteiger partial charge in [0.15, 0.2) is 11.6 Å². The fourth-order valence-electron chi connectivity index (χ4n) is 4.20. The Labute approximate surface area is 173 Å². The zero-order valence-electron chi connectivity index (χ0n) is 17.0. The summed E-state index contributed by atoms with van der Waals surface area (Å²) in [5.74, 6) is 2.37. The average molecular weight is 388 g/mol. The molecule has 0 aliphatic carbocycles. The monoisotopic (exact) mass is 387 g/mol. The van der Waals surface area contributed by atoms with Crippen molar-refractivity contribution in [3.8, 4) is 0 Å². The van der Waals surface area contributed by atoms with Crippen LogP contribution in [0.5, 0.6) is 0 Å². The maximum atomic E-state index is 6.58. The molecule has 2 aromatic carbocycles. The zero-order valence-corrected chi connectivity index (χ0v) is 17.0. The topological polar surface area (TPSA) is 58.3 Å². The molecule has 0 saturated carbocycles. The van der Waals surface area contributed by atoms with Crippen molar-refractivity contribution in [3.05, 3.63) is 72.6 Å². The van der Waals surface area contributed by atoms with E-state index in [4.69, 9.17) is 5.73 Å². The first kappa shape index (κ1) is 19.2. The standard InChI is InChI=1S/C24H29N5/c1-2-29(21-11-7-4-8-12-21)24-22(25)23(26-18-27-24)28-15-13-20(14-16-28)17-19-9-5-3-6-10-19/h3-12,18,20H,2,13-17,25H2,1H3. The van der Waals surface area contributed by atoms with Gasteiger partial charge in [-0.3, -0.25) is 0 Å². The van der Waals surface area contributed by atoms with Gasteiger partial charge in [-0.05, 0) is 49.8 Å². The number of nitrogens with zero attached hydrogens (tertiary/aromatic N) is 4. The molecule has 0 unspecified atom stereocenters. The number of piperidine rings is 1. The highest BCUT2D eigenvalue weighted by Gasteiger charge is 2.24. The highest BCUT2D eigenvalue weighted by atomic mass is 15.3. The van der Waals surface area contributed by atoms with Gasteiger partial charge in [0.25, 0.3) is 0 Å². The van der Waals surface area contributed by atoms with Gasteiger partial charge in [-0.1, -0.05) is 48.5 Å².